The number of hydrogen-bond acceptors (Lipinski definition) is 2. The van der Waals surface area contributed by atoms with Crippen LogP contribution in [0.4, 0.5) is 11.4 Å². The number of nitrogen functional groups attached to an aromatic ring is 1. The van der Waals surface area contributed by atoms with Crippen molar-refractivity contribution < 1.29 is 0 Å². The Bertz CT molecular complexity index is 526. The first kappa shape index (κ1) is 13.8. The zero-order valence-corrected chi connectivity index (χ0v) is 11.7. The highest BCUT2D eigenvalue weighted by Gasteiger charge is 1.98. The lowest BCUT2D eigenvalue weighted by molar-refractivity contribution is 0.763. The number of hydrogen-bond donors (Lipinski definition) is 2. The molecule has 0 spiro atoms. The van der Waals surface area contributed by atoms with E-state index in [1.54, 1.807) is 0 Å². The first-order chi connectivity index (χ1) is 9.25. The number of para-hydroxylation sites is 1. The minimum Gasteiger partial charge on any atom is -0.399 e. The third-order valence-electron chi connectivity index (χ3n) is 3.03. The van der Waals surface area contributed by atoms with E-state index in [9.17, 15) is 0 Å². The van der Waals surface area contributed by atoms with Crippen LogP contribution in [-0.4, -0.2) is 6.54 Å². The second-order valence-corrected chi connectivity index (χ2v) is 5.02. The number of anilines is 2. The van der Waals surface area contributed by atoms with Gasteiger partial charge in [-0.2, -0.15) is 0 Å². The van der Waals surface area contributed by atoms with Crippen LogP contribution in [0.5, 0.6) is 0 Å². The third kappa shape index (κ3) is 4.49. The fourth-order valence-corrected chi connectivity index (χ4v) is 2.23. The van der Waals surface area contributed by atoms with Gasteiger partial charge in [0.1, 0.15) is 0 Å². The molecule has 0 aliphatic carbocycles. The molecule has 0 saturated carbocycles. The summed E-state index contributed by atoms with van der Waals surface area (Å²) >= 11 is 6.07. The third-order valence-corrected chi connectivity index (χ3v) is 3.36. The zero-order valence-electron chi connectivity index (χ0n) is 10.9. The van der Waals surface area contributed by atoms with E-state index in [-0.39, 0.29) is 0 Å². The average molecular weight is 275 g/mol. The molecule has 2 aromatic rings. The van der Waals surface area contributed by atoms with Crippen LogP contribution in [0, 0.1) is 0 Å². The van der Waals surface area contributed by atoms with Crippen LogP contribution in [0.15, 0.2) is 48.5 Å². The molecule has 2 rings (SSSR count). The summed E-state index contributed by atoms with van der Waals surface area (Å²) in [6.07, 6.45) is 3.32. The molecule has 0 amide bonds. The average Bonchev–Trinajstić information content (AvgIpc) is 2.40. The second-order valence-electron chi connectivity index (χ2n) is 4.61. The fraction of sp³-hybridized carbons (Fsp3) is 0.250. The quantitative estimate of drug-likeness (QED) is 0.607. The summed E-state index contributed by atoms with van der Waals surface area (Å²) in [5, 5.41) is 4.13. The fourth-order valence-electron chi connectivity index (χ4n) is 2.03. The second kappa shape index (κ2) is 7.05. The number of aryl methyl sites for hydroxylation is 1. The molecule has 100 valence electrons. The van der Waals surface area contributed by atoms with Crippen LogP contribution in [-0.2, 0) is 6.42 Å². The Morgan fingerprint density at radius 2 is 1.84 bits per heavy atom. The van der Waals surface area contributed by atoms with E-state index < -0.39 is 0 Å². The van der Waals surface area contributed by atoms with Crippen molar-refractivity contribution in [3.63, 3.8) is 0 Å². The normalized spacial score (nSPS) is 10.4. The van der Waals surface area contributed by atoms with Gasteiger partial charge in [0.15, 0.2) is 0 Å². The van der Waals surface area contributed by atoms with Crippen molar-refractivity contribution >= 4 is 23.0 Å². The van der Waals surface area contributed by atoms with E-state index in [0.717, 1.165) is 42.2 Å². The lowest BCUT2D eigenvalue weighted by atomic mass is 10.1. The minimum absolute atomic E-state index is 0.776. The van der Waals surface area contributed by atoms with Gasteiger partial charge < -0.3 is 11.1 Å². The molecule has 3 heteroatoms. The largest absolute Gasteiger partial charge is 0.399 e. The maximum Gasteiger partial charge on any atom is 0.0637 e. The van der Waals surface area contributed by atoms with E-state index in [4.69, 9.17) is 17.3 Å². The van der Waals surface area contributed by atoms with E-state index in [0.29, 0.717) is 0 Å². The molecule has 19 heavy (non-hydrogen) atoms. The molecule has 0 aliphatic heterocycles. The van der Waals surface area contributed by atoms with E-state index in [1.807, 2.05) is 42.5 Å². The minimum atomic E-state index is 0.776. The Labute approximate surface area is 119 Å². The van der Waals surface area contributed by atoms with Crippen molar-refractivity contribution in [2.75, 3.05) is 17.6 Å². The van der Waals surface area contributed by atoms with Crippen LogP contribution in [0.1, 0.15) is 18.4 Å². The van der Waals surface area contributed by atoms with Crippen LogP contribution in [0.25, 0.3) is 0 Å². The molecule has 2 nitrogen and oxygen atoms in total. The van der Waals surface area contributed by atoms with Crippen molar-refractivity contribution in [2.45, 2.75) is 19.3 Å². The highest BCUT2D eigenvalue weighted by atomic mass is 35.5. The number of benzene rings is 2. The molecular formula is C16H19ClN2. The lowest BCUT2D eigenvalue weighted by Crippen LogP contribution is -2.02. The maximum atomic E-state index is 6.07. The summed E-state index contributed by atoms with van der Waals surface area (Å²) in [5.74, 6) is 0. The highest BCUT2D eigenvalue weighted by Crippen LogP contribution is 2.20. The standard InChI is InChI=1S/C16H19ClN2/c17-15-9-1-2-10-16(15)19-11-4-3-6-13-7-5-8-14(18)12-13/h1-2,5,7-10,12,19H,3-4,6,11,18H2. The molecule has 0 atom stereocenters. The molecule has 0 heterocycles. The number of nitrogens with two attached hydrogens (primary N) is 1. The van der Waals surface area contributed by atoms with Crippen molar-refractivity contribution in [2.24, 2.45) is 0 Å². The molecule has 2 aromatic carbocycles. The molecule has 0 aliphatic rings. The summed E-state index contributed by atoms with van der Waals surface area (Å²) in [6.45, 7) is 0.937. The van der Waals surface area contributed by atoms with Gasteiger partial charge in [0, 0.05) is 12.2 Å². The van der Waals surface area contributed by atoms with Gasteiger partial charge in [-0.3, -0.25) is 0 Å². The van der Waals surface area contributed by atoms with Gasteiger partial charge in [-0.05, 0) is 49.1 Å². The number of rotatable bonds is 6. The molecule has 0 radical (unpaired) electrons. The summed E-state index contributed by atoms with van der Waals surface area (Å²) in [5.41, 5.74) is 8.91. The van der Waals surface area contributed by atoms with Gasteiger partial charge in [0.2, 0.25) is 0 Å². The van der Waals surface area contributed by atoms with Crippen LogP contribution in [0.2, 0.25) is 5.02 Å². The number of halogens is 1. The Morgan fingerprint density at radius 1 is 1.00 bits per heavy atom. The Morgan fingerprint density at radius 3 is 2.63 bits per heavy atom. The van der Waals surface area contributed by atoms with E-state index in [2.05, 4.69) is 11.4 Å². The Balaban J connectivity index is 1.69. The molecule has 0 fully saturated rings. The van der Waals surface area contributed by atoms with E-state index >= 15 is 0 Å². The zero-order chi connectivity index (χ0) is 13.5. The molecule has 0 bridgehead atoms. The van der Waals surface area contributed by atoms with Crippen LogP contribution in [0.3, 0.4) is 0 Å². The smallest absolute Gasteiger partial charge is 0.0637 e. The van der Waals surface area contributed by atoms with Gasteiger partial charge in [0.05, 0.1) is 10.7 Å². The van der Waals surface area contributed by atoms with Gasteiger partial charge >= 0.3 is 0 Å². The van der Waals surface area contributed by atoms with Gasteiger partial charge in [-0.25, -0.2) is 0 Å². The van der Waals surface area contributed by atoms with Crippen molar-refractivity contribution in [1.29, 1.82) is 0 Å². The van der Waals surface area contributed by atoms with Crippen molar-refractivity contribution in [1.82, 2.24) is 0 Å². The summed E-state index contributed by atoms with van der Waals surface area (Å²) in [4.78, 5) is 0. The molecule has 0 aromatic heterocycles. The summed E-state index contributed by atoms with van der Waals surface area (Å²) in [7, 11) is 0. The summed E-state index contributed by atoms with van der Waals surface area (Å²) < 4.78 is 0. The first-order valence-corrected chi connectivity index (χ1v) is 6.96. The number of nitrogens with one attached hydrogen (secondary N) is 1. The number of unbranched alkanes of at least 4 members (excludes halogenated alkanes) is 1. The highest BCUT2D eigenvalue weighted by molar-refractivity contribution is 6.33. The SMILES string of the molecule is Nc1cccc(CCCCNc2ccccc2Cl)c1. The van der Waals surface area contributed by atoms with Gasteiger partial charge in [0.25, 0.3) is 0 Å². The predicted octanol–water partition coefficient (Wildman–Crippen LogP) is 4.36. The summed E-state index contributed by atoms with van der Waals surface area (Å²) in [6, 6.07) is 15.9. The lowest BCUT2D eigenvalue weighted by Gasteiger charge is -2.08. The molecule has 0 saturated heterocycles. The van der Waals surface area contributed by atoms with Crippen molar-refractivity contribution in [3.05, 3.63) is 59.1 Å². The predicted molar refractivity (Wildman–Crippen MR) is 83.7 cm³/mol. The van der Waals surface area contributed by atoms with E-state index in [1.165, 1.54) is 5.56 Å². The maximum absolute atomic E-state index is 6.07. The monoisotopic (exact) mass is 274 g/mol. The molecule has 3 N–H and O–H groups in total. The van der Waals surface area contributed by atoms with Gasteiger partial charge in [-0.1, -0.05) is 35.9 Å². The molecule has 0 unspecified atom stereocenters. The topological polar surface area (TPSA) is 38.0 Å². The molecular weight excluding hydrogens is 256 g/mol. The Kier molecular flexibility index (Phi) is 5.10. The van der Waals surface area contributed by atoms with Crippen molar-refractivity contribution in [3.8, 4) is 0 Å². The van der Waals surface area contributed by atoms with Crippen LogP contribution < -0.4 is 11.1 Å². The Hall–Kier alpha value is -1.67. The van der Waals surface area contributed by atoms with Gasteiger partial charge in [-0.15, -0.1) is 0 Å². The first-order valence-electron chi connectivity index (χ1n) is 6.58. The van der Waals surface area contributed by atoms with Crippen LogP contribution >= 0.6 is 11.6 Å².